The SMILES string of the molecule is CC1(S(=O)(=O)NC(=O)[C@@]23C[C@@H]2/C=C\CCCCC[C@H](Nc2cccc(F)c2)C(=O)N2C[C@H](Oc4nc5ccccc5s4)C[C@H]2C(=O)N3)CC1. The van der Waals surface area contributed by atoms with E-state index in [2.05, 4.69) is 20.3 Å². The Bertz CT molecular complexity index is 1880. The number of allylic oxidation sites excluding steroid dienone is 1. The molecule has 14 heteroatoms. The number of nitrogens with one attached hydrogen (secondary N) is 3. The van der Waals surface area contributed by atoms with Crippen molar-refractivity contribution in [3.8, 4) is 5.19 Å². The minimum absolute atomic E-state index is 0.0867. The molecule has 4 aliphatic rings. The first-order chi connectivity index (χ1) is 23.5. The van der Waals surface area contributed by atoms with Gasteiger partial charge in [-0.2, -0.15) is 0 Å². The van der Waals surface area contributed by atoms with E-state index in [1.807, 2.05) is 36.4 Å². The predicted molar refractivity (Wildman–Crippen MR) is 184 cm³/mol. The maximum atomic E-state index is 14.4. The summed E-state index contributed by atoms with van der Waals surface area (Å²) >= 11 is 1.37. The summed E-state index contributed by atoms with van der Waals surface area (Å²) in [6.07, 6.45) is 8.14. The number of amides is 3. The third-order valence-corrected chi connectivity index (χ3v) is 13.3. The van der Waals surface area contributed by atoms with Crippen molar-refractivity contribution in [3.05, 3.63) is 66.5 Å². The zero-order valence-corrected chi connectivity index (χ0v) is 28.8. The van der Waals surface area contributed by atoms with E-state index in [-0.39, 0.29) is 25.3 Å². The Hall–Kier alpha value is -4.04. The molecule has 1 aromatic heterocycles. The molecule has 2 aromatic carbocycles. The zero-order valence-electron chi connectivity index (χ0n) is 27.2. The number of hydrogen-bond donors (Lipinski definition) is 3. The van der Waals surface area contributed by atoms with Crippen LogP contribution in [-0.4, -0.2) is 71.0 Å². The van der Waals surface area contributed by atoms with E-state index in [0.29, 0.717) is 30.1 Å². The lowest BCUT2D eigenvalue weighted by atomic mass is 10.0. The largest absolute Gasteiger partial charge is 0.465 e. The van der Waals surface area contributed by atoms with Crippen molar-refractivity contribution in [2.24, 2.45) is 5.92 Å². The smallest absolute Gasteiger partial charge is 0.274 e. The molecule has 5 atom stereocenters. The average Bonchev–Trinajstić information content (AvgIpc) is 3.87. The summed E-state index contributed by atoms with van der Waals surface area (Å²) in [6.45, 7) is 1.69. The van der Waals surface area contributed by atoms with Crippen LogP contribution in [0, 0.1) is 11.7 Å². The molecule has 7 rings (SSSR count). The van der Waals surface area contributed by atoms with Crippen LogP contribution in [0.25, 0.3) is 10.2 Å². The summed E-state index contributed by atoms with van der Waals surface area (Å²) < 4.78 is 48.7. The Kier molecular flexibility index (Phi) is 8.89. The number of benzene rings is 2. The summed E-state index contributed by atoms with van der Waals surface area (Å²) in [7, 11) is -3.95. The molecule has 2 saturated carbocycles. The Morgan fingerprint density at radius 1 is 1.12 bits per heavy atom. The quantitative estimate of drug-likeness (QED) is 0.301. The van der Waals surface area contributed by atoms with Crippen LogP contribution in [0.1, 0.15) is 64.7 Å². The molecule has 3 aromatic rings. The van der Waals surface area contributed by atoms with E-state index in [1.165, 1.54) is 28.4 Å². The minimum atomic E-state index is -3.95. The normalized spacial score (nSPS) is 29.1. The molecule has 11 nitrogen and oxygen atoms in total. The Morgan fingerprint density at radius 2 is 1.94 bits per heavy atom. The number of carbonyl (C=O) groups is 3. The summed E-state index contributed by atoms with van der Waals surface area (Å²) in [5.41, 5.74) is -0.241. The molecule has 3 fully saturated rings. The average molecular weight is 710 g/mol. The number of para-hydroxylation sites is 1. The van der Waals surface area contributed by atoms with E-state index in [4.69, 9.17) is 4.74 Å². The van der Waals surface area contributed by atoms with Crippen molar-refractivity contribution in [1.29, 1.82) is 0 Å². The fourth-order valence-corrected chi connectivity index (χ4v) is 8.96. The van der Waals surface area contributed by atoms with Gasteiger partial charge >= 0.3 is 0 Å². The van der Waals surface area contributed by atoms with Gasteiger partial charge in [-0.15, -0.1) is 0 Å². The third kappa shape index (κ3) is 6.89. The molecule has 0 unspecified atom stereocenters. The van der Waals surface area contributed by atoms with Gasteiger partial charge in [0.1, 0.15) is 29.5 Å². The summed E-state index contributed by atoms with van der Waals surface area (Å²) in [5, 5.41) is 6.52. The number of carbonyl (C=O) groups excluding carboxylic acids is 3. The van der Waals surface area contributed by atoms with Crippen LogP contribution in [0.3, 0.4) is 0 Å². The number of thiazole rings is 1. The van der Waals surface area contributed by atoms with Crippen molar-refractivity contribution in [1.82, 2.24) is 19.9 Å². The van der Waals surface area contributed by atoms with Crippen LogP contribution < -0.4 is 20.1 Å². The lowest BCUT2D eigenvalue weighted by Gasteiger charge is -2.30. The maximum absolute atomic E-state index is 14.4. The van der Waals surface area contributed by atoms with Gasteiger partial charge in [0.15, 0.2) is 0 Å². The number of fused-ring (bicyclic) bond motifs is 3. The number of aromatic nitrogens is 1. The van der Waals surface area contributed by atoms with Gasteiger partial charge in [0, 0.05) is 18.0 Å². The molecular weight excluding hydrogens is 670 g/mol. The predicted octanol–water partition coefficient (Wildman–Crippen LogP) is 4.66. The maximum Gasteiger partial charge on any atom is 0.274 e. The molecule has 260 valence electrons. The number of sulfonamides is 1. The van der Waals surface area contributed by atoms with Crippen LogP contribution in [0.15, 0.2) is 60.7 Å². The van der Waals surface area contributed by atoms with Gasteiger partial charge in [-0.25, -0.2) is 17.8 Å². The van der Waals surface area contributed by atoms with Crippen molar-refractivity contribution in [2.75, 3.05) is 11.9 Å². The second-order valence-electron chi connectivity index (χ2n) is 13.9. The van der Waals surface area contributed by atoms with Gasteiger partial charge in [-0.1, -0.05) is 54.5 Å². The van der Waals surface area contributed by atoms with Crippen LogP contribution >= 0.6 is 11.3 Å². The number of hydrogen-bond acceptors (Lipinski definition) is 9. The monoisotopic (exact) mass is 709 g/mol. The molecule has 0 bridgehead atoms. The Labute approximate surface area is 288 Å². The highest BCUT2D eigenvalue weighted by Crippen LogP contribution is 2.47. The first-order valence-electron chi connectivity index (χ1n) is 16.9. The Balaban J connectivity index is 1.18. The van der Waals surface area contributed by atoms with Crippen LogP contribution in [0.2, 0.25) is 0 Å². The fourth-order valence-electron chi connectivity index (χ4n) is 6.77. The van der Waals surface area contributed by atoms with Gasteiger partial charge in [0.05, 0.1) is 21.5 Å². The van der Waals surface area contributed by atoms with Crippen LogP contribution in [-0.2, 0) is 24.4 Å². The molecule has 0 spiro atoms. The summed E-state index contributed by atoms with van der Waals surface area (Å²) in [5.74, 6) is -2.51. The van der Waals surface area contributed by atoms with E-state index in [9.17, 15) is 27.2 Å². The van der Waals surface area contributed by atoms with Crippen LogP contribution in [0.4, 0.5) is 10.1 Å². The highest BCUT2D eigenvalue weighted by Gasteiger charge is 2.63. The van der Waals surface area contributed by atoms with E-state index >= 15 is 0 Å². The van der Waals surface area contributed by atoms with E-state index in [1.54, 1.807) is 19.1 Å². The second kappa shape index (κ2) is 13.0. The fraction of sp³-hybridized carbons (Fsp3) is 0.486. The van der Waals surface area contributed by atoms with Gasteiger partial charge in [0.25, 0.3) is 11.1 Å². The molecule has 2 aliphatic carbocycles. The van der Waals surface area contributed by atoms with Crippen molar-refractivity contribution in [3.63, 3.8) is 0 Å². The van der Waals surface area contributed by atoms with E-state index in [0.717, 1.165) is 35.9 Å². The van der Waals surface area contributed by atoms with Crippen LogP contribution in [0.5, 0.6) is 5.19 Å². The van der Waals surface area contributed by atoms with E-state index < -0.39 is 62.0 Å². The summed E-state index contributed by atoms with van der Waals surface area (Å²) in [4.78, 5) is 48.4. The first kappa shape index (κ1) is 33.5. The highest BCUT2D eigenvalue weighted by molar-refractivity contribution is 7.91. The minimum Gasteiger partial charge on any atom is -0.465 e. The molecule has 3 amide bonds. The molecular formula is C35H40FN5O6S2. The van der Waals surface area contributed by atoms with Crippen molar-refractivity contribution >= 4 is 55.0 Å². The highest BCUT2D eigenvalue weighted by atomic mass is 32.2. The third-order valence-electron chi connectivity index (χ3n) is 10.2. The van der Waals surface area contributed by atoms with Gasteiger partial charge in [0.2, 0.25) is 21.8 Å². The Morgan fingerprint density at radius 3 is 2.71 bits per heavy atom. The standard InChI is InChI=1S/C35H40FN5O6S2/c1-34(16-17-34)49(45,46)40-32(44)35-20-22(35)10-5-3-2-4-6-14-27(37-24-12-9-11-23(36)18-24)31(43)41-21-25(19-28(41)30(42)39-35)47-33-38-26-13-7-8-15-29(26)48-33/h5,7-13,15,18,22,25,27-28,37H,2-4,6,14,16-17,19-21H2,1H3,(H,39,42)(H,40,44)/b10-5-/t22-,25+,27-,28-,35+/m0/s1. The molecule has 3 N–H and O–H groups in total. The lowest BCUT2D eigenvalue weighted by molar-refractivity contribution is -0.140. The van der Waals surface area contributed by atoms with Gasteiger partial charge in [-0.3, -0.25) is 19.1 Å². The topological polar surface area (TPSA) is 147 Å². The lowest BCUT2D eigenvalue weighted by Crippen LogP contribution is -2.58. The first-order valence-corrected chi connectivity index (χ1v) is 19.2. The molecule has 3 heterocycles. The number of halogens is 1. The molecule has 2 aliphatic heterocycles. The zero-order chi connectivity index (χ0) is 34.4. The second-order valence-corrected chi connectivity index (χ2v) is 17.0. The number of ether oxygens (including phenoxy) is 1. The molecule has 49 heavy (non-hydrogen) atoms. The number of nitrogens with zero attached hydrogens (tertiary/aromatic N) is 2. The molecule has 1 saturated heterocycles. The number of anilines is 1. The van der Waals surface area contributed by atoms with Gasteiger partial charge in [-0.05, 0) is 75.8 Å². The van der Waals surface area contributed by atoms with Crippen molar-refractivity contribution in [2.45, 2.75) is 93.2 Å². The number of rotatable bonds is 7. The summed E-state index contributed by atoms with van der Waals surface area (Å²) in [6, 6.07) is 11.8. The molecule has 0 radical (unpaired) electrons. The van der Waals surface area contributed by atoms with Gasteiger partial charge < -0.3 is 20.3 Å². The van der Waals surface area contributed by atoms with Crippen molar-refractivity contribution < 1.29 is 31.9 Å².